The monoisotopic (exact) mass is 309 g/mol. The molecule has 4 nitrogen and oxygen atoms in total. The molecule has 0 aliphatic heterocycles. The van der Waals surface area contributed by atoms with Crippen LogP contribution in [0.25, 0.3) is 0 Å². The van der Waals surface area contributed by atoms with Crippen LogP contribution in [0.2, 0.25) is 0 Å². The van der Waals surface area contributed by atoms with Crippen LogP contribution in [0.4, 0.5) is 0 Å². The van der Waals surface area contributed by atoms with Crippen molar-refractivity contribution in [3.63, 3.8) is 0 Å². The van der Waals surface area contributed by atoms with Gasteiger partial charge in [0.15, 0.2) is 0 Å². The number of hydrogen-bond donors (Lipinski definition) is 1. The van der Waals surface area contributed by atoms with Crippen molar-refractivity contribution in [1.29, 1.82) is 0 Å². The zero-order valence-electron chi connectivity index (χ0n) is 9.77. The smallest absolute Gasteiger partial charge is 0.329 e. The van der Waals surface area contributed by atoms with Crippen LogP contribution in [0, 0.1) is 12.3 Å². The Kier molecular flexibility index (Phi) is 5.40. The molecule has 0 spiro atoms. The van der Waals surface area contributed by atoms with Crippen molar-refractivity contribution in [3.05, 3.63) is 34.3 Å². The predicted octanol–water partition coefficient (Wildman–Crippen LogP) is 1.74. The largest absolute Gasteiger partial charge is 0.467 e. The van der Waals surface area contributed by atoms with Crippen molar-refractivity contribution in [2.75, 3.05) is 7.11 Å². The second-order valence-electron chi connectivity index (χ2n) is 3.47. The molecule has 0 aliphatic rings. The molecule has 0 aliphatic carbocycles. The molecule has 0 heterocycles. The number of rotatable bonds is 4. The fourth-order valence-corrected chi connectivity index (χ4v) is 1.72. The van der Waals surface area contributed by atoms with E-state index in [2.05, 4.69) is 31.9 Å². The number of terminal acetylenes is 1. The first-order chi connectivity index (χ1) is 8.58. The molecule has 1 N–H and O–H groups in total. The summed E-state index contributed by atoms with van der Waals surface area (Å²) in [7, 11) is 1.25. The molecule has 0 saturated heterocycles. The molecule has 0 bridgehead atoms. The summed E-state index contributed by atoms with van der Waals surface area (Å²) in [5.74, 6) is 1.39. The maximum absolute atomic E-state index is 11.9. The normalized spacial score (nSPS) is 11.2. The van der Waals surface area contributed by atoms with Crippen molar-refractivity contribution in [3.8, 4) is 12.3 Å². The number of nitrogens with one attached hydrogen (secondary N) is 1. The van der Waals surface area contributed by atoms with Crippen molar-refractivity contribution in [2.45, 2.75) is 12.5 Å². The van der Waals surface area contributed by atoms with E-state index in [1.807, 2.05) is 0 Å². The summed E-state index contributed by atoms with van der Waals surface area (Å²) >= 11 is 3.27. The standard InChI is InChI=1S/C13H12BrNO3/c1-3-5-11(13(17)18-2)15-12(16)9-6-4-7-10(14)8-9/h1,4,6-8,11H,5H2,2H3,(H,15,16)/t11-/m0/s1. The van der Waals surface area contributed by atoms with E-state index in [4.69, 9.17) is 6.42 Å². The molecule has 1 aromatic rings. The third-order valence-electron chi connectivity index (χ3n) is 2.20. The van der Waals surface area contributed by atoms with Gasteiger partial charge in [0.2, 0.25) is 0 Å². The Balaban J connectivity index is 2.79. The highest BCUT2D eigenvalue weighted by Gasteiger charge is 2.21. The van der Waals surface area contributed by atoms with Gasteiger partial charge in [-0.3, -0.25) is 4.79 Å². The summed E-state index contributed by atoms with van der Waals surface area (Å²) < 4.78 is 5.35. The number of amides is 1. The Morgan fingerprint density at radius 1 is 1.56 bits per heavy atom. The van der Waals surface area contributed by atoms with Gasteiger partial charge in [-0.1, -0.05) is 22.0 Å². The van der Waals surface area contributed by atoms with Gasteiger partial charge in [-0.15, -0.1) is 12.3 Å². The van der Waals surface area contributed by atoms with E-state index < -0.39 is 12.0 Å². The SMILES string of the molecule is C#CC[C@H](NC(=O)c1cccc(Br)c1)C(=O)OC. The van der Waals surface area contributed by atoms with Gasteiger partial charge >= 0.3 is 5.97 Å². The van der Waals surface area contributed by atoms with E-state index in [1.54, 1.807) is 24.3 Å². The molecule has 1 amide bonds. The molecule has 0 aromatic heterocycles. The first-order valence-electron chi connectivity index (χ1n) is 5.16. The molecule has 0 unspecified atom stereocenters. The highest BCUT2D eigenvalue weighted by atomic mass is 79.9. The zero-order valence-corrected chi connectivity index (χ0v) is 11.4. The molecule has 18 heavy (non-hydrogen) atoms. The van der Waals surface area contributed by atoms with Gasteiger partial charge in [-0.25, -0.2) is 4.79 Å². The minimum Gasteiger partial charge on any atom is -0.467 e. The fourth-order valence-electron chi connectivity index (χ4n) is 1.32. The van der Waals surface area contributed by atoms with Crippen LogP contribution >= 0.6 is 15.9 Å². The molecule has 0 radical (unpaired) electrons. The molecular formula is C13H12BrNO3. The molecule has 5 heteroatoms. The number of methoxy groups -OCH3 is 1. The van der Waals surface area contributed by atoms with E-state index in [1.165, 1.54) is 7.11 Å². The first-order valence-corrected chi connectivity index (χ1v) is 5.95. The molecule has 0 fully saturated rings. The number of carbonyl (C=O) groups is 2. The Morgan fingerprint density at radius 3 is 2.83 bits per heavy atom. The Hall–Kier alpha value is -1.80. The van der Waals surface area contributed by atoms with Gasteiger partial charge in [0.05, 0.1) is 7.11 Å². The van der Waals surface area contributed by atoms with Crippen LogP contribution in [-0.2, 0) is 9.53 Å². The lowest BCUT2D eigenvalue weighted by Gasteiger charge is -2.14. The van der Waals surface area contributed by atoms with Gasteiger partial charge in [0.1, 0.15) is 6.04 Å². The summed E-state index contributed by atoms with van der Waals surface area (Å²) in [6.45, 7) is 0. The predicted molar refractivity (Wildman–Crippen MR) is 70.9 cm³/mol. The maximum Gasteiger partial charge on any atom is 0.329 e. The molecule has 0 saturated carbocycles. The van der Waals surface area contributed by atoms with Gasteiger partial charge in [0.25, 0.3) is 5.91 Å². The van der Waals surface area contributed by atoms with Crippen LogP contribution in [0.5, 0.6) is 0 Å². The lowest BCUT2D eigenvalue weighted by Crippen LogP contribution is -2.41. The maximum atomic E-state index is 11.9. The minimum atomic E-state index is -0.827. The van der Waals surface area contributed by atoms with Crippen molar-refractivity contribution >= 4 is 27.8 Å². The highest BCUT2D eigenvalue weighted by molar-refractivity contribution is 9.10. The number of esters is 1. The van der Waals surface area contributed by atoms with Crippen molar-refractivity contribution < 1.29 is 14.3 Å². The molecule has 1 rings (SSSR count). The van der Waals surface area contributed by atoms with Gasteiger partial charge in [-0.2, -0.15) is 0 Å². The van der Waals surface area contributed by atoms with Crippen LogP contribution in [-0.4, -0.2) is 25.0 Å². The first kappa shape index (κ1) is 14.3. The van der Waals surface area contributed by atoms with Crippen LogP contribution in [0.3, 0.4) is 0 Å². The number of hydrogen-bond acceptors (Lipinski definition) is 3. The Labute approximate surface area is 114 Å². The van der Waals surface area contributed by atoms with Crippen molar-refractivity contribution in [2.24, 2.45) is 0 Å². The third kappa shape index (κ3) is 3.90. The number of ether oxygens (including phenoxy) is 1. The lowest BCUT2D eigenvalue weighted by atomic mass is 10.1. The zero-order chi connectivity index (χ0) is 13.5. The average Bonchev–Trinajstić information content (AvgIpc) is 2.37. The van der Waals surface area contributed by atoms with Gasteiger partial charge in [0, 0.05) is 16.5 Å². The molecule has 1 atom stereocenters. The van der Waals surface area contributed by atoms with E-state index in [0.717, 1.165) is 4.47 Å². The lowest BCUT2D eigenvalue weighted by molar-refractivity contribution is -0.142. The van der Waals surface area contributed by atoms with Gasteiger partial charge < -0.3 is 10.1 Å². The topological polar surface area (TPSA) is 55.4 Å². The van der Waals surface area contributed by atoms with Crippen LogP contribution < -0.4 is 5.32 Å². The minimum absolute atomic E-state index is 0.0897. The van der Waals surface area contributed by atoms with Gasteiger partial charge in [-0.05, 0) is 18.2 Å². The summed E-state index contributed by atoms with van der Waals surface area (Å²) in [4.78, 5) is 23.3. The Morgan fingerprint density at radius 2 is 2.28 bits per heavy atom. The summed E-state index contributed by atoms with van der Waals surface area (Å²) in [6.07, 6.45) is 5.23. The number of carbonyl (C=O) groups excluding carboxylic acids is 2. The van der Waals surface area contributed by atoms with E-state index >= 15 is 0 Å². The summed E-state index contributed by atoms with van der Waals surface area (Å²) in [5, 5.41) is 2.54. The number of halogens is 1. The van der Waals surface area contributed by atoms with E-state index in [0.29, 0.717) is 5.56 Å². The van der Waals surface area contributed by atoms with E-state index in [-0.39, 0.29) is 12.3 Å². The average molecular weight is 310 g/mol. The molecular weight excluding hydrogens is 298 g/mol. The summed E-state index contributed by atoms with van der Waals surface area (Å²) in [5.41, 5.74) is 0.440. The second kappa shape index (κ2) is 6.82. The molecule has 1 aromatic carbocycles. The van der Waals surface area contributed by atoms with Crippen LogP contribution in [0.1, 0.15) is 16.8 Å². The third-order valence-corrected chi connectivity index (χ3v) is 2.69. The quantitative estimate of drug-likeness (QED) is 0.681. The highest BCUT2D eigenvalue weighted by Crippen LogP contribution is 2.11. The Bertz CT molecular complexity index is 493. The summed E-state index contributed by atoms with van der Waals surface area (Å²) in [6, 6.07) is 6.00. The second-order valence-corrected chi connectivity index (χ2v) is 4.38. The van der Waals surface area contributed by atoms with E-state index in [9.17, 15) is 9.59 Å². The van der Waals surface area contributed by atoms with Crippen LogP contribution in [0.15, 0.2) is 28.7 Å². The number of benzene rings is 1. The fraction of sp³-hybridized carbons (Fsp3) is 0.231. The van der Waals surface area contributed by atoms with Crippen molar-refractivity contribution in [1.82, 2.24) is 5.32 Å². The molecule has 94 valence electrons.